The van der Waals surface area contributed by atoms with Crippen LogP contribution < -0.4 is 0 Å². The second-order valence-corrected chi connectivity index (χ2v) is 8.46. The van der Waals surface area contributed by atoms with Gasteiger partial charge in [-0.3, -0.25) is 0 Å². The maximum absolute atomic E-state index is 5.99. The molecular weight excluding hydrogens is 248 g/mol. The Morgan fingerprint density at radius 1 is 1.26 bits per heavy atom. The summed E-state index contributed by atoms with van der Waals surface area (Å²) in [5.74, 6) is 0. The number of unbranched alkanes of at least 4 members (excludes halogenated alkanes) is 1. The lowest BCUT2D eigenvalue weighted by Crippen LogP contribution is -2.29. The van der Waals surface area contributed by atoms with E-state index in [9.17, 15) is 0 Å². The van der Waals surface area contributed by atoms with Crippen LogP contribution in [0.3, 0.4) is 0 Å². The number of hydrogen-bond donors (Lipinski definition) is 0. The zero-order valence-electron chi connectivity index (χ0n) is 12.3. The van der Waals surface area contributed by atoms with Crippen LogP contribution in [0.15, 0.2) is 30.3 Å². The van der Waals surface area contributed by atoms with Crippen molar-refractivity contribution in [3.63, 3.8) is 0 Å². The molecule has 1 nitrogen and oxygen atoms in total. The molecule has 2 unspecified atom stereocenters. The molecule has 0 radical (unpaired) electrons. The maximum atomic E-state index is 5.99. The summed E-state index contributed by atoms with van der Waals surface area (Å²) in [5, 5.41) is 0. The third kappa shape index (κ3) is 5.49. The van der Waals surface area contributed by atoms with Crippen molar-refractivity contribution in [3.05, 3.63) is 35.9 Å². The highest BCUT2D eigenvalue weighted by Gasteiger charge is 2.20. The predicted octanol–water partition coefficient (Wildman–Crippen LogP) is 3.90. The van der Waals surface area contributed by atoms with E-state index in [1.54, 1.807) is 0 Å². The molecule has 0 bridgehead atoms. The lowest BCUT2D eigenvalue weighted by atomic mass is 10.1. The summed E-state index contributed by atoms with van der Waals surface area (Å²) in [6.07, 6.45) is 9.42. The minimum atomic E-state index is -0.107. The number of ether oxygens (including phenoxy) is 1. The van der Waals surface area contributed by atoms with Crippen LogP contribution in [0.2, 0.25) is 5.54 Å². The number of benzene rings is 1. The fourth-order valence-electron chi connectivity index (χ4n) is 3.11. The third-order valence-corrected chi connectivity index (χ3v) is 6.74. The van der Waals surface area contributed by atoms with Crippen molar-refractivity contribution in [2.24, 2.45) is 0 Å². The SMILES string of the molecule is CCCCC(Cc1ccccc1)[SiH2]C1CCCCO1. The predicted molar refractivity (Wildman–Crippen MR) is 85.6 cm³/mol. The zero-order chi connectivity index (χ0) is 13.3. The van der Waals surface area contributed by atoms with Crippen molar-refractivity contribution >= 4 is 9.52 Å². The van der Waals surface area contributed by atoms with Gasteiger partial charge in [-0.2, -0.15) is 0 Å². The van der Waals surface area contributed by atoms with E-state index in [1.165, 1.54) is 50.5 Å². The highest BCUT2D eigenvalue weighted by atomic mass is 28.2. The molecule has 2 heteroatoms. The van der Waals surface area contributed by atoms with Gasteiger partial charge in [0.2, 0.25) is 0 Å². The van der Waals surface area contributed by atoms with Crippen LogP contribution in [0.25, 0.3) is 0 Å². The van der Waals surface area contributed by atoms with E-state index >= 15 is 0 Å². The Labute approximate surface area is 120 Å². The molecule has 1 aromatic rings. The summed E-state index contributed by atoms with van der Waals surface area (Å²) in [4.78, 5) is 0. The first-order chi connectivity index (χ1) is 9.38. The molecule has 0 aliphatic carbocycles. The van der Waals surface area contributed by atoms with Crippen molar-refractivity contribution < 1.29 is 4.74 Å². The van der Waals surface area contributed by atoms with Crippen LogP contribution in [0.5, 0.6) is 0 Å². The fraction of sp³-hybridized carbons (Fsp3) is 0.647. The Morgan fingerprint density at radius 2 is 2.11 bits per heavy atom. The normalized spacial score (nSPS) is 21.8. The minimum Gasteiger partial charge on any atom is -0.382 e. The molecule has 0 spiro atoms. The Balaban J connectivity index is 1.87. The third-order valence-electron chi connectivity index (χ3n) is 4.20. The van der Waals surface area contributed by atoms with Crippen LogP contribution in [0, 0.1) is 0 Å². The molecule has 2 rings (SSSR count). The summed E-state index contributed by atoms with van der Waals surface area (Å²) in [7, 11) is -0.107. The molecule has 19 heavy (non-hydrogen) atoms. The van der Waals surface area contributed by atoms with E-state index in [2.05, 4.69) is 37.3 Å². The van der Waals surface area contributed by atoms with E-state index in [-0.39, 0.29) is 9.52 Å². The summed E-state index contributed by atoms with van der Waals surface area (Å²) < 4.78 is 5.99. The summed E-state index contributed by atoms with van der Waals surface area (Å²) in [6.45, 7) is 3.32. The monoisotopic (exact) mass is 276 g/mol. The van der Waals surface area contributed by atoms with Gasteiger partial charge in [-0.15, -0.1) is 0 Å². The summed E-state index contributed by atoms with van der Waals surface area (Å²) >= 11 is 0. The van der Waals surface area contributed by atoms with Crippen molar-refractivity contribution in [1.29, 1.82) is 0 Å². The zero-order valence-corrected chi connectivity index (χ0v) is 13.7. The topological polar surface area (TPSA) is 9.23 Å². The second kappa shape index (κ2) is 8.54. The average molecular weight is 276 g/mol. The molecule has 0 amide bonds. The van der Waals surface area contributed by atoms with Crippen molar-refractivity contribution in [3.8, 4) is 0 Å². The quantitative estimate of drug-likeness (QED) is 0.686. The van der Waals surface area contributed by atoms with Gasteiger partial charge in [0.1, 0.15) is 0 Å². The molecule has 106 valence electrons. The van der Waals surface area contributed by atoms with Crippen LogP contribution >= 0.6 is 0 Å². The molecule has 1 heterocycles. The second-order valence-electron chi connectivity index (χ2n) is 5.92. The van der Waals surface area contributed by atoms with Gasteiger partial charge in [-0.05, 0) is 36.8 Å². The lowest BCUT2D eigenvalue weighted by molar-refractivity contribution is 0.0641. The van der Waals surface area contributed by atoms with Crippen LogP contribution in [0.4, 0.5) is 0 Å². The average Bonchev–Trinajstić information content (AvgIpc) is 2.47. The van der Waals surface area contributed by atoms with E-state index in [1.807, 2.05) is 0 Å². The first-order valence-corrected chi connectivity index (χ1v) is 9.67. The standard InChI is InChI=1S/C17H28OSi/c1-2-3-11-16(14-15-9-5-4-6-10-15)19-17-12-7-8-13-18-17/h4-6,9-10,16-17H,2-3,7-8,11-14,19H2,1H3. The molecule has 1 aliphatic rings. The molecule has 1 aliphatic heterocycles. The van der Waals surface area contributed by atoms with E-state index in [0.29, 0.717) is 5.73 Å². The van der Waals surface area contributed by atoms with Gasteiger partial charge in [0.15, 0.2) is 0 Å². The minimum absolute atomic E-state index is 0.107. The highest BCUT2D eigenvalue weighted by molar-refractivity contribution is 6.39. The molecule has 1 aromatic carbocycles. The van der Waals surface area contributed by atoms with Gasteiger partial charge in [-0.25, -0.2) is 0 Å². The molecule has 1 saturated heterocycles. The molecule has 0 aromatic heterocycles. The van der Waals surface area contributed by atoms with E-state index in [0.717, 1.165) is 12.1 Å². The lowest BCUT2D eigenvalue weighted by Gasteiger charge is -2.26. The first-order valence-electron chi connectivity index (χ1n) is 8.04. The van der Waals surface area contributed by atoms with Crippen molar-refractivity contribution in [1.82, 2.24) is 0 Å². The number of rotatable bonds is 7. The van der Waals surface area contributed by atoms with Crippen LogP contribution in [-0.4, -0.2) is 21.9 Å². The van der Waals surface area contributed by atoms with Crippen molar-refractivity contribution in [2.75, 3.05) is 6.61 Å². The largest absolute Gasteiger partial charge is 0.382 e. The Hall–Kier alpha value is -0.603. The Morgan fingerprint density at radius 3 is 2.79 bits per heavy atom. The van der Waals surface area contributed by atoms with Gasteiger partial charge < -0.3 is 4.74 Å². The van der Waals surface area contributed by atoms with Gasteiger partial charge >= 0.3 is 0 Å². The van der Waals surface area contributed by atoms with Gasteiger partial charge in [0, 0.05) is 12.3 Å². The maximum Gasteiger partial charge on any atom is 0.0590 e. The molecule has 1 fully saturated rings. The van der Waals surface area contributed by atoms with Crippen LogP contribution in [-0.2, 0) is 11.2 Å². The summed E-state index contributed by atoms with van der Waals surface area (Å²) in [6, 6.07) is 11.0. The summed E-state index contributed by atoms with van der Waals surface area (Å²) in [5.41, 5.74) is 3.12. The highest BCUT2D eigenvalue weighted by Crippen LogP contribution is 2.24. The van der Waals surface area contributed by atoms with Gasteiger partial charge in [0.25, 0.3) is 0 Å². The van der Waals surface area contributed by atoms with E-state index < -0.39 is 0 Å². The van der Waals surface area contributed by atoms with Crippen molar-refractivity contribution in [2.45, 2.75) is 63.1 Å². The van der Waals surface area contributed by atoms with Crippen LogP contribution in [0.1, 0.15) is 51.0 Å². The van der Waals surface area contributed by atoms with Gasteiger partial charge in [0.05, 0.1) is 9.52 Å². The smallest absolute Gasteiger partial charge is 0.0590 e. The molecule has 0 saturated carbocycles. The first kappa shape index (κ1) is 14.8. The Kier molecular flexibility index (Phi) is 6.65. The molecule has 0 N–H and O–H groups in total. The Bertz CT molecular complexity index is 332. The van der Waals surface area contributed by atoms with Gasteiger partial charge in [-0.1, -0.05) is 56.5 Å². The van der Waals surface area contributed by atoms with E-state index in [4.69, 9.17) is 4.74 Å². The fourth-order valence-corrected chi connectivity index (χ4v) is 5.70. The molecule has 2 atom stereocenters. The number of hydrogen-bond acceptors (Lipinski definition) is 1. The molecular formula is C17H28OSi.